The second-order valence-corrected chi connectivity index (χ2v) is 6.69. The van der Waals surface area contributed by atoms with Crippen LogP contribution in [0, 0.1) is 6.92 Å². The van der Waals surface area contributed by atoms with Crippen molar-refractivity contribution in [2.24, 2.45) is 0 Å². The van der Waals surface area contributed by atoms with E-state index in [1.165, 1.54) is 0 Å². The van der Waals surface area contributed by atoms with Gasteiger partial charge in [0.1, 0.15) is 24.9 Å². The van der Waals surface area contributed by atoms with Gasteiger partial charge in [-0.2, -0.15) is 0 Å². The van der Waals surface area contributed by atoms with Crippen LogP contribution in [0.3, 0.4) is 0 Å². The molecule has 2 N–H and O–H groups in total. The SMILES string of the molecule is Cc1ccc(CO[C@H]2[C@H](O)[C@H](O)CO[C@]23COC(C)(C)O3)cc1. The first-order chi connectivity index (χ1) is 10.8. The molecule has 0 unspecified atom stereocenters. The van der Waals surface area contributed by atoms with Gasteiger partial charge in [-0.3, -0.25) is 0 Å². The summed E-state index contributed by atoms with van der Waals surface area (Å²) in [6.45, 7) is 5.97. The highest BCUT2D eigenvalue weighted by molar-refractivity contribution is 5.20. The molecule has 2 heterocycles. The van der Waals surface area contributed by atoms with E-state index in [2.05, 4.69) is 0 Å². The smallest absolute Gasteiger partial charge is 0.224 e. The predicted octanol–water partition coefficient (Wildman–Crippen LogP) is 1.11. The summed E-state index contributed by atoms with van der Waals surface area (Å²) in [7, 11) is 0. The van der Waals surface area contributed by atoms with Crippen LogP contribution < -0.4 is 0 Å². The standard InChI is InChI=1S/C17H24O6/c1-11-4-6-12(7-5-11)8-20-15-14(19)13(18)9-21-17(15)10-22-16(2,3)23-17/h4-7,13-15,18-19H,8-10H2,1-3H3/t13-,14-,15+,17+/m1/s1. The Balaban J connectivity index is 1.76. The van der Waals surface area contributed by atoms with Gasteiger partial charge < -0.3 is 29.2 Å². The molecule has 1 spiro atoms. The third-order valence-corrected chi connectivity index (χ3v) is 4.23. The highest BCUT2D eigenvalue weighted by Crippen LogP contribution is 2.40. The summed E-state index contributed by atoms with van der Waals surface area (Å²) in [5.41, 5.74) is 2.13. The van der Waals surface area contributed by atoms with E-state index in [0.29, 0.717) is 0 Å². The normalized spacial score (nSPS) is 36.5. The minimum absolute atomic E-state index is 0.0228. The molecule has 0 bridgehead atoms. The number of aryl methyl sites for hydroxylation is 1. The maximum absolute atomic E-state index is 10.4. The first-order valence-corrected chi connectivity index (χ1v) is 7.83. The summed E-state index contributed by atoms with van der Waals surface area (Å²) in [4.78, 5) is 0. The van der Waals surface area contributed by atoms with Crippen molar-refractivity contribution in [1.29, 1.82) is 0 Å². The second-order valence-electron chi connectivity index (χ2n) is 6.69. The second kappa shape index (κ2) is 6.12. The highest BCUT2D eigenvalue weighted by atomic mass is 16.8. The van der Waals surface area contributed by atoms with Crippen molar-refractivity contribution in [3.05, 3.63) is 35.4 Å². The number of rotatable bonds is 3. The number of aliphatic hydroxyl groups is 2. The lowest BCUT2D eigenvalue weighted by Crippen LogP contribution is -2.63. The van der Waals surface area contributed by atoms with Crippen molar-refractivity contribution < 1.29 is 29.2 Å². The average Bonchev–Trinajstić information content (AvgIpc) is 2.81. The minimum Gasteiger partial charge on any atom is -0.388 e. The summed E-state index contributed by atoms with van der Waals surface area (Å²) in [6, 6.07) is 7.92. The molecule has 2 aliphatic rings. The third-order valence-electron chi connectivity index (χ3n) is 4.23. The zero-order valence-corrected chi connectivity index (χ0v) is 13.7. The molecule has 6 heteroatoms. The van der Waals surface area contributed by atoms with Crippen LogP contribution in [0.15, 0.2) is 24.3 Å². The molecule has 2 saturated heterocycles. The predicted molar refractivity (Wildman–Crippen MR) is 81.6 cm³/mol. The molecule has 0 saturated carbocycles. The third kappa shape index (κ3) is 3.42. The van der Waals surface area contributed by atoms with Crippen LogP contribution in [0.1, 0.15) is 25.0 Å². The Bertz CT molecular complexity index is 543. The van der Waals surface area contributed by atoms with E-state index < -0.39 is 29.9 Å². The van der Waals surface area contributed by atoms with E-state index in [4.69, 9.17) is 18.9 Å². The van der Waals surface area contributed by atoms with Gasteiger partial charge in [-0.25, -0.2) is 0 Å². The van der Waals surface area contributed by atoms with E-state index in [1.807, 2.05) is 31.2 Å². The van der Waals surface area contributed by atoms with Crippen molar-refractivity contribution in [3.8, 4) is 0 Å². The Kier molecular flexibility index (Phi) is 4.48. The van der Waals surface area contributed by atoms with Gasteiger partial charge in [-0.05, 0) is 26.3 Å². The van der Waals surface area contributed by atoms with Crippen LogP contribution in [0.4, 0.5) is 0 Å². The molecule has 6 nitrogen and oxygen atoms in total. The average molecular weight is 324 g/mol. The molecular formula is C17H24O6. The zero-order chi connectivity index (χ0) is 16.7. The van der Waals surface area contributed by atoms with Crippen LogP contribution in [-0.2, 0) is 25.6 Å². The van der Waals surface area contributed by atoms with Crippen molar-refractivity contribution in [2.75, 3.05) is 13.2 Å². The molecular weight excluding hydrogens is 300 g/mol. The number of ether oxygens (including phenoxy) is 4. The molecule has 1 aromatic carbocycles. The van der Waals surface area contributed by atoms with Gasteiger partial charge in [0.15, 0.2) is 5.79 Å². The number of benzene rings is 1. The van der Waals surface area contributed by atoms with E-state index in [9.17, 15) is 10.2 Å². The van der Waals surface area contributed by atoms with Crippen molar-refractivity contribution in [2.45, 2.75) is 57.3 Å². The van der Waals surface area contributed by atoms with Crippen LogP contribution in [0.25, 0.3) is 0 Å². The molecule has 4 atom stereocenters. The summed E-state index contributed by atoms with van der Waals surface area (Å²) in [5.74, 6) is -2.03. The molecule has 128 valence electrons. The van der Waals surface area contributed by atoms with Gasteiger partial charge in [-0.15, -0.1) is 0 Å². The van der Waals surface area contributed by atoms with E-state index in [-0.39, 0.29) is 19.8 Å². The topological polar surface area (TPSA) is 77.4 Å². The largest absolute Gasteiger partial charge is 0.388 e. The minimum atomic E-state index is -1.20. The molecule has 0 aromatic heterocycles. The lowest BCUT2D eigenvalue weighted by atomic mass is 9.97. The Morgan fingerprint density at radius 1 is 1.17 bits per heavy atom. The summed E-state index contributed by atoms with van der Waals surface area (Å²) >= 11 is 0. The van der Waals surface area contributed by atoms with Crippen molar-refractivity contribution in [1.82, 2.24) is 0 Å². The van der Waals surface area contributed by atoms with E-state index in [1.54, 1.807) is 13.8 Å². The first kappa shape index (κ1) is 16.8. The fourth-order valence-corrected chi connectivity index (χ4v) is 2.93. The molecule has 2 fully saturated rings. The summed E-state index contributed by atoms with van der Waals surface area (Å²) in [6.07, 6.45) is -2.96. The molecule has 0 amide bonds. The molecule has 0 aliphatic carbocycles. The molecule has 2 aliphatic heterocycles. The fraction of sp³-hybridized carbons (Fsp3) is 0.647. The summed E-state index contributed by atoms with van der Waals surface area (Å²) < 4.78 is 23.0. The van der Waals surface area contributed by atoms with Crippen LogP contribution >= 0.6 is 0 Å². The lowest BCUT2D eigenvalue weighted by Gasteiger charge is -2.44. The van der Waals surface area contributed by atoms with Gasteiger partial charge in [0.05, 0.1) is 13.2 Å². The maximum Gasteiger partial charge on any atom is 0.224 e. The van der Waals surface area contributed by atoms with E-state index in [0.717, 1.165) is 11.1 Å². The highest BCUT2D eigenvalue weighted by Gasteiger charge is 2.58. The molecule has 0 radical (unpaired) electrons. The van der Waals surface area contributed by atoms with Crippen molar-refractivity contribution in [3.63, 3.8) is 0 Å². The van der Waals surface area contributed by atoms with Gasteiger partial charge in [-0.1, -0.05) is 29.8 Å². The van der Waals surface area contributed by atoms with Crippen LogP contribution in [0.5, 0.6) is 0 Å². The van der Waals surface area contributed by atoms with Gasteiger partial charge in [0.25, 0.3) is 0 Å². The molecule has 3 rings (SSSR count). The monoisotopic (exact) mass is 324 g/mol. The Morgan fingerprint density at radius 2 is 1.87 bits per heavy atom. The Morgan fingerprint density at radius 3 is 2.48 bits per heavy atom. The maximum atomic E-state index is 10.4. The number of hydrogen-bond donors (Lipinski definition) is 2. The summed E-state index contributed by atoms with van der Waals surface area (Å²) in [5, 5.41) is 20.3. The number of hydrogen-bond acceptors (Lipinski definition) is 6. The van der Waals surface area contributed by atoms with Gasteiger partial charge in [0, 0.05) is 0 Å². The lowest BCUT2D eigenvalue weighted by molar-refractivity contribution is -0.347. The molecule has 1 aromatic rings. The Hall–Kier alpha value is -1.02. The van der Waals surface area contributed by atoms with Gasteiger partial charge >= 0.3 is 0 Å². The number of aliphatic hydroxyl groups excluding tert-OH is 2. The quantitative estimate of drug-likeness (QED) is 0.867. The van der Waals surface area contributed by atoms with E-state index >= 15 is 0 Å². The van der Waals surface area contributed by atoms with Crippen molar-refractivity contribution >= 4 is 0 Å². The fourth-order valence-electron chi connectivity index (χ4n) is 2.93. The first-order valence-electron chi connectivity index (χ1n) is 7.83. The zero-order valence-electron chi connectivity index (χ0n) is 13.7. The van der Waals surface area contributed by atoms with Gasteiger partial charge in [0.2, 0.25) is 5.79 Å². The Labute approximate surface area is 135 Å². The molecule has 23 heavy (non-hydrogen) atoms. The van der Waals surface area contributed by atoms with Crippen LogP contribution in [0.2, 0.25) is 0 Å². The van der Waals surface area contributed by atoms with Crippen LogP contribution in [-0.4, -0.2) is 53.3 Å².